The molecule has 0 fully saturated rings. The van der Waals surface area contributed by atoms with Gasteiger partial charge in [-0.05, 0) is 36.2 Å². The number of imide groups is 1. The quantitative estimate of drug-likeness (QED) is 0.659. The molecule has 3 aromatic rings. The van der Waals surface area contributed by atoms with E-state index in [-0.39, 0.29) is 23.8 Å². The highest BCUT2D eigenvalue weighted by Gasteiger charge is 2.41. The van der Waals surface area contributed by atoms with Gasteiger partial charge in [0.25, 0.3) is 11.8 Å². The molecule has 0 radical (unpaired) electrons. The van der Waals surface area contributed by atoms with Gasteiger partial charge >= 0.3 is 0 Å². The molecule has 4 nitrogen and oxygen atoms in total. The Morgan fingerprint density at radius 2 is 1.62 bits per heavy atom. The number of aromatic nitrogens is 1. The fraction of sp³-hybridized carbons (Fsp3) is 0.227. The lowest BCUT2D eigenvalue weighted by molar-refractivity contribution is 0.0559. The second kappa shape index (κ2) is 6.37. The van der Waals surface area contributed by atoms with Gasteiger partial charge < -0.3 is 0 Å². The van der Waals surface area contributed by atoms with Gasteiger partial charge in [0.15, 0.2) is 0 Å². The summed E-state index contributed by atoms with van der Waals surface area (Å²) in [6.07, 6.45) is 2.47. The summed E-state index contributed by atoms with van der Waals surface area (Å²) in [6, 6.07) is 16.9. The molecule has 4 heteroatoms. The Morgan fingerprint density at radius 3 is 2.27 bits per heavy atom. The van der Waals surface area contributed by atoms with Gasteiger partial charge in [-0.25, -0.2) is 0 Å². The Bertz CT molecular complexity index is 971. The molecule has 1 aliphatic heterocycles. The van der Waals surface area contributed by atoms with Crippen molar-refractivity contribution in [1.82, 2.24) is 9.88 Å². The van der Waals surface area contributed by atoms with Crippen LogP contribution in [0.2, 0.25) is 0 Å². The van der Waals surface area contributed by atoms with Gasteiger partial charge in [0.2, 0.25) is 0 Å². The number of amides is 2. The van der Waals surface area contributed by atoms with Crippen molar-refractivity contribution in [3.63, 3.8) is 0 Å². The van der Waals surface area contributed by atoms with E-state index in [2.05, 4.69) is 18.0 Å². The second-order valence-electron chi connectivity index (χ2n) is 6.71. The van der Waals surface area contributed by atoms with Crippen molar-refractivity contribution in [3.05, 3.63) is 77.5 Å². The number of nitrogens with zero attached hydrogens (tertiary/aromatic N) is 2. The van der Waals surface area contributed by atoms with E-state index in [1.165, 1.54) is 4.90 Å². The molecule has 26 heavy (non-hydrogen) atoms. The minimum absolute atomic E-state index is 0.00936. The molecule has 2 unspecified atom stereocenters. The van der Waals surface area contributed by atoms with Crippen LogP contribution in [0.1, 0.15) is 52.5 Å². The summed E-state index contributed by atoms with van der Waals surface area (Å²) < 4.78 is 0. The molecule has 2 heterocycles. The van der Waals surface area contributed by atoms with E-state index in [9.17, 15) is 9.59 Å². The predicted octanol–water partition coefficient (Wildman–Crippen LogP) is 4.41. The monoisotopic (exact) mass is 344 g/mol. The number of pyridine rings is 1. The van der Waals surface area contributed by atoms with Gasteiger partial charge in [0.1, 0.15) is 0 Å². The molecular weight excluding hydrogens is 324 g/mol. The zero-order valence-electron chi connectivity index (χ0n) is 14.8. The molecule has 0 saturated carbocycles. The Kier molecular flexibility index (Phi) is 4.03. The van der Waals surface area contributed by atoms with Gasteiger partial charge in [-0.1, -0.05) is 44.2 Å². The van der Waals surface area contributed by atoms with Crippen LogP contribution in [0.25, 0.3) is 10.9 Å². The highest BCUT2D eigenvalue weighted by Crippen LogP contribution is 2.34. The van der Waals surface area contributed by atoms with Gasteiger partial charge in [-0.2, -0.15) is 0 Å². The summed E-state index contributed by atoms with van der Waals surface area (Å²) in [4.78, 5) is 31.7. The lowest BCUT2D eigenvalue weighted by Crippen LogP contribution is -2.42. The second-order valence-corrected chi connectivity index (χ2v) is 6.71. The van der Waals surface area contributed by atoms with Crippen LogP contribution in [-0.2, 0) is 0 Å². The SMILES string of the molecule is CCC(C(C)c1cccc2ncccc12)N1C(=O)c2ccccc2C1=O. The van der Waals surface area contributed by atoms with E-state index in [1.807, 2.05) is 31.2 Å². The van der Waals surface area contributed by atoms with E-state index < -0.39 is 0 Å². The molecule has 0 aliphatic carbocycles. The molecule has 0 bridgehead atoms. The lowest BCUT2D eigenvalue weighted by atomic mass is 9.88. The lowest BCUT2D eigenvalue weighted by Gasteiger charge is -2.31. The fourth-order valence-corrected chi connectivity index (χ4v) is 4.00. The van der Waals surface area contributed by atoms with E-state index in [0.717, 1.165) is 16.5 Å². The molecule has 2 atom stereocenters. The Labute approximate surface area is 152 Å². The van der Waals surface area contributed by atoms with E-state index in [4.69, 9.17) is 0 Å². The first-order valence-electron chi connectivity index (χ1n) is 8.94. The predicted molar refractivity (Wildman–Crippen MR) is 101 cm³/mol. The Hall–Kier alpha value is -3.01. The molecular formula is C22H20N2O2. The van der Waals surface area contributed by atoms with Crippen molar-refractivity contribution in [1.29, 1.82) is 0 Å². The number of carbonyl (C=O) groups excluding carboxylic acids is 2. The van der Waals surface area contributed by atoms with Crippen LogP contribution in [0.5, 0.6) is 0 Å². The van der Waals surface area contributed by atoms with Crippen molar-refractivity contribution in [2.24, 2.45) is 0 Å². The third kappa shape index (κ3) is 2.41. The highest BCUT2D eigenvalue weighted by atomic mass is 16.2. The number of benzene rings is 2. The normalized spacial score (nSPS) is 16.0. The van der Waals surface area contributed by atoms with Crippen LogP contribution >= 0.6 is 0 Å². The molecule has 130 valence electrons. The number of fused-ring (bicyclic) bond motifs is 2. The van der Waals surface area contributed by atoms with E-state index >= 15 is 0 Å². The van der Waals surface area contributed by atoms with Crippen LogP contribution in [0.15, 0.2) is 60.8 Å². The van der Waals surface area contributed by atoms with E-state index in [0.29, 0.717) is 17.5 Å². The van der Waals surface area contributed by atoms with Gasteiger partial charge in [0.05, 0.1) is 16.6 Å². The molecule has 1 aromatic heterocycles. The van der Waals surface area contributed by atoms with Gasteiger partial charge in [0, 0.05) is 23.5 Å². The van der Waals surface area contributed by atoms with Crippen molar-refractivity contribution in [2.45, 2.75) is 32.2 Å². The van der Waals surface area contributed by atoms with Crippen molar-refractivity contribution in [3.8, 4) is 0 Å². The first kappa shape index (κ1) is 16.5. The molecule has 2 aromatic carbocycles. The molecule has 1 aliphatic rings. The van der Waals surface area contributed by atoms with Crippen LogP contribution in [0.3, 0.4) is 0 Å². The van der Waals surface area contributed by atoms with Crippen LogP contribution < -0.4 is 0 Å². The maximum atomic E-state index is 12.9. The minimum atomic E-state index is -0.201. The van der Waals surface area contributed by atoms with Crippen molar-refractivity contribution < 1.29 is 9.59 Å². The number of rotatable bonds is 4. The van der Waals surface area contributed by atoms with Crippen LogP contribution in [0, 0.1) is 0 Å². The minimum Gasteiger partial charge on any atom is -0.271 e. The average Bonchev–Trinajstić information content (AvgIpc) is 2.93. The first-order chi connectivity index (χ1) is 12.6. The molecule has 0 saturated heterocycles. The summed E-state index contributed by atoms with van der Waals surface area (Å²) in [5.74, 6) is -0.375. The molecule has 0 spiro atoms. The largest absolute Gasteiger partial charge is 0.271 e. The van der Waals surface area contributed by atoms with Crippen LogP contribution in [0.4, 0.5) is 0 Å². The number of carbonyl (C=O) groups is 2. The standard InChI is InChI=1S/C22H20N2O2/c1-3-20(24-21(25)17-8-4-5-9-18(17)22(24)26)14(2)15-10-6-12-19-16(15)11-7-13-23-19/h4-14,20H,3H2,1-2H3. The Morgan fingerprint density at radius 1 is 0.923 bits per heavy atom. The third-order valence-electron chi connectivity index (χ3n) is 5.32. The summed E-state index contributed by atoms with van der Waals surface area (Å²) in [5.41, 5.74) is 3.04. The van der Waals surface area contributed by atoms with Gasteiger partial charge in [-0.3, -0.25) is 19.5 Å². The first-order valence-corrected chi connectivity index (χ1v) is 8.94. The van der Waals surface area contributed by atoms with Crippen molar-refractivity contribution in [2.75, 3.05) is 0 Å². The third-order valence-corrected chi connectivity index (χ3v) is 5.32. The molecule has 0 N–H and O–H groups in total. The summed E-state index contributed by atoms with van der Waals surface area (Å²) in [7, 11) is 0. The van der Waals surface area contributed by atoms with E-state index in [1.54, 1.807) is 30.5 Å². The smallest absolute Gasteiger partial charge is 0.261 e. The van der Waals surface area contributed by atoms with Crippen molar-refractivity contribution >= 4 is 22.7 Å². The maximum absolute atomic E-state index is 12.9. The molecule has 2 amide bonds. The maximum Gasteiger partial charge on any atom is 0.261 e. The molecule has 4 rings (SSSR count). The topological polar surface area (TPSA) is 50.3 Å². The Balaban J connectivity index is 1.76. The van der Waals surface area contributed by atoms with Crippen LogP contribution in [-0.4, -0.2) is 27.7 Å². The zero-order chi connectivity index (χ0) is 18.3. The summed E-state index contributed by atoms with van der Waals surface area (Å²) in [5, 5.41) is 1.07. The number of hydrogen-bond donors (Lipinski definition) is 0. The average molecular weight is 344 g/mol. The van der Waals surface area contributed by atoms with Gasteiger partial charge in [-0.15, -0.1) is 0 Å². The fourth-order valence-electron chi connectivity index (χ4n) is 4.00. The summed E-state index contributed by atoms with van der Waals surface area (Å²) >= 11 is 0. The summed E-state index contributed by atoms with van der Waals surface area (Å²) in [6.45, 7) is 4.10. The number of hydrogen-bond acceptors (Lipinski definition) is 3. The highest BCUT2D eigenvalue weighted by molar-refractivity contribution is 6.21. The zero-order valence-corrected chi connectivity index (χ0v) is 14.8.